The number of thioether (sulfide) groups is 1. The van der Waals surface area contributed by atoms with Crippen LogP contribution in [0.3, 0.4) is 0 Å². The molecular weight excluding hydrogens is 399 g/mol. The fourth-order valence-electron chi connectivity index (χ4n) is 2.51. The van der Waals surface area contributed by atoms with Gasteiger partial charge in [-0.3, -0.25) is 4.79 Å². The van der Waals surface area contributed by atoms with E-state index in [-0.39, 0.29) is 10.8 Å². The predicted octanol–water partition coefficient (Wildman–Crippen LogP) is 5.56. The largest absolute Gasteiger partial charge is 0.418 e. The fourth-order valence-corrected chi connectivity index (χ4v) is 3.63. The number of nitrogens with one attached hydrogen (secondary N) is 1. The molecule has 2 rings (SSSR count). The number of alkyl halides is 3. The number of carbonyl (C=O) groups is 1. The number of para-hydroxylation sites is 1. The Bertz CT molecular complexity index is 834. The maximum atomic E-state index is 13.1. The molecule has 0 unspecified atom stereocenters. The number of carbonyl (C=O) groups excluding carboxylic acids is 1. The first-order valence-electron chi connectivity index (χ1n) is 8.32. The van der Waals surface area contributed by atoms with E-state index in [1.54, 1.807) is 0 Å². The molecule has 27 heavy (non-hydrogen) atoms. The van der Waals surface area contributed by atoms with Gasteiger partial charge < -0.3 is 9.88 Å². The Kier molecular flexibility index (Phi) is 6.86. The van der Waals surface area contributed by atoms with E-state index >= 15 is 0 Å². The Morgan fingerprint density at radius 3 is 2.59 bits per heavy atom. The topological polar surface area (TPSA) is 46.9 Å². The van der Waals surface area contributed by atoms with Crippen molar-refractivity contribution >= 4 is 35.0 Å². The van der Waals surface area contributed by atoms with Crippen molar-refractivity contribution in [2.45, 2.75) is 45.6 Å². The average Bonchev–Trinajstić information content (AvgIpc) is 2.81. The SMILES string of the molecule is Cc1nc(SCC(=O)Nc2c(Cl)cccc2C(F)(F)F)n(CC(C)C)c1C. The van der Waals surface area contributed by atoms with Gasteiger partial charge in [-0.15, -0.1) is 0 Å². The van der Waals surface area contributed by atoms with E-state index in [2.05, 4.69) is 24.1 Å². The Labute approximate surface area is 165 Å². The van der Waals surface area contributed by atoms with E-state index in [9.17, 15) is 18.0 Å². The second-order valence-corrected chi connectivity index (χ2v) is 7.92. The molecule has 0 fully saturated rings. The molecule has 0 saturated heterocycles. The maximum absolute atomic E-state index is 13.1. The molecule has 0 aliphatic rings. The molecule has 1 aromatic carbocycles. The van der Waals surface area contributed by atoms with Crippen molar-refractivity contribution < 1.29 is 18.0 Å². The summed E-state index contributed by atoms with van der Waals surface area (Å²) in [6, 6.07) is 3.39. The molecule has 4 nitrogen and oxygen atoms in total. The van der Waals surface area contributed by atoms with Gasteiger partial charge in [0, 0.05) is 12.2 Å². The monoisotopic (exact) mass is 419 g/mol. The van der Waals surface area contributed by atoms with Crippen LogP contribution in [0.2, 0.25) is 5.02 Å². The van der Waals surface area contributed by atoms with E-state index in [0.29, 0.717) is 11.1 Å². The van der Waals surface area contributed by atoms with Crippen molar-refractivity contribution in [2.75, 3.05) is 11.1 Å². The van der Waals surface area contributed by atoms with E-state index in [4.69, 9.17) is 11.6 Å². The smallest absolute Gasteiger partial charge is 0.324 e. The average molecular weight is 420 g/mol. The lowest BCUT2D eigenvalue weighted by Gasteiger charge is -2.15. The minimum absolute atomic E-state index is 0.0729. The van der Waals surface area contributed by atoms with E-state index < -0.39 is 23.3 Å². The highest BCUT2D eigenvalue weighted by Gasteiger charge is 2.34. The lowest BCUT2D eigenvalue weighted by molar-refractivity contribution is -0.137. The number of hydrogen-bond acceptors (Lipinski definition) is 3. The Morgan fingerprint density at radius 2 is 2.00 bits per heavy atom. The first-order valence-corrected chi connectivity index (χ1v) is 9.69. The van der Waals surface area contributed by atoms with Crippen molar-refractivity contribution in [1.82, 2.24) is 9.55 Å². The molecule has 0 saturated carbocycles. The number of anilines is 1. The summed E-state index contributed by atoms with van der Waals surface area (Å²) in [6.07, 6.45) is -4.61. The van der Waals surface area contributed by atoms with Crippen molar-refractivity contribution in [1.29, 1.82) is 0 Å². The molecule has 0 aliphatic heterocycles. The zero-order valence-corrected chi connectivity index (χ0v) is 17.0. The van der Waals surface area contributed by atoms with Gasteiger partial charge >= 0.3 is 6.18 Å². The predicted molar refractivity (Wildman–Crippen MR) is 102 cm³/mol. The third kappa shape index (κ3) is 5.42. The highest BCUT2D eigenvalue weighted by molar-refractivity contribution is 7.99. The van der Waals surface area contributed by atoms with Gasteiger partial charge in [-0.2, -0.15) is 13.2 Å². The molecule has 0 atom stereocenters. The molecule has 1 amide bonds. The number of nitrogens with zero attached hydrogens (tertiary/aromatic N) is 2. The molecule has 9 heteroatoms. The Morgan fingerprint density at radius 1 is 1.33 bits per heavy atom. The fraction of sp³-hybridized carbons (Fsp3) is 0.444. The number of amides is 1. The second kappa shape index (κ2) is 8.56. The number of benzene rings is 1. The van der Waals surface area contributed by atoms with E-state index in [1.165, 1.54) is 23.9 Å². The number of imidazole rings is 1. The van der Waals surface area contributed by atoms with Gasteiger partial charge in [0.2, 0.25) is 5.91 Å². The zero-order chi connectivity index (χ0) is 20.4. The Hall–Kier alpha value is -1.67. The van der Waals surface area contributed by atoms with Crippen LogP contribution in [0, 0.1) is 19.8 Å². The normalized spacial score (nSPS) is 11.9. The quantitative estimate of drug-likeness (QED) is 0.623. The molecule has 1 N–H and O–H groups in total. The molecule has 0 bridgehead atoms. The van der Waals surface area contributed by atoms with Crippen LogP contribution >= 0.6 is 23.4 Å². The van der Waals surface area contributed by atoms with Crippen molar-refractivity contribution in [2.24, 2.45) is 5.92 Å². The van der Waals surface area contributed by atoms with Gasteiger partial charge in [0.25, 0.3) is 0 Å². The van der Waals surface area contributed by atoms with Gasteiger partial charge in [-0.25, -0.2) is 4.98 Å². The molecule has 1 heterocycles. The first kappa shape index (κ1) is 21.6. The van der Waals surface area contributed by atoms with E-state index in [1.807, 2.05) is 18.4 Å². The summed E-state index contributed by atoms with van der Waals surface area (Å²) in [7, 11) is 0. The second-order valence-electron chi connectivity index (χ2n) is 6.57. The molecular formula is C18H21ClF3N3OS. The van der Waals surface area contributed by atoms with Crippen LogP contribution in [0.15, 0.2) is 23.4 Å². The summed E-state index contributed by atoms with van der Waals surface area (Å²) in [5.41, 5.74) is 0.484. The van der Waals surface area contributed by atoms with Gasteiger partial charge in [0.1, 0.15) is 0 Å². The maximum Gasteiger partial charge on any atom is 0.418 e. The van der Waals surface area contributed by atoms with Crippen molar-refractivity contribution in [3.63, 3.8) is 0 Å². The van der Waals surface area contributed by atoms with Gasteiger partial charge in [-0.05, 0) is 31.9 Å². The van der Waals surface area contributed by atoms with Gasteiger partial charge in [-0.1, -0.05) is 43.3 Å². The number of halogens is 4. The molecule has 0 radical (unpaired) electrons. The summed E-state index contributed by atoms with van der Waals surface area (Å²) in [4.78, 5) is 16.7. The van der Waals surface area contributed by atoms with Crippen molar-refractivity contribution in [3.8, 4) is 0 Å². The third-order valence-electron chi connectivity index (χ3n) is 3.89. The standard InChI is InChI=1S/C18H21ClF3N3OS/c1-10(2)8-25-12(4)11(3)23-17(25)27-9-15(26)24-16-13(18(20,21)22)6-5-7-14(16)19/h5-7,10H,8-9H2,1-4H3,(H,24,26). The summed E-state index contributed by atoms with van der Waals surface area (Å²) in [6.45, 7) is 8.74. The van der Waals surface area contributed by atoms with Crippen LogP contribution in [-0.4, -0.2) is 21.2 Å². The minimum Gasteiger partial charge on any atom is -0.324 e. The van der Waals surface area contributed by atoms with E-state index in [0.717, 1.165) is 24.0 Å². The number of aromatic nitrogens is 2. The summed E-state index contributed by atoms with van der Waals surface area (Å²) in [5.74, 6) is -0.257. The van der Waals surface area contributed by atoms with Gasteiger partial charge in [0.15, 0.2) is 5.16 Å². The number of aryl methyl sites for hydroxylation is 1. The van der Waals surface area contributed by atoms with Crippen LogP contribution in [-0.2, 0) is 17.5 Å². The van der Waals surface area contributed by atoms with Crippen LogP contribution in [0.25, 0.3) is 0 Å². The Balaban J connectivity index is 2.14. The summed E-state index contributed by atoms with van der Waals surface area (Å²) >= 11 is 7.05. The lowest BCUT2D eigenvalue weighted by atomic mass is 10.1. The zero-order valence-electron chi connectivity index (χ0n) is 15.4. The summed E-state index contributed by atoms with van der Waals surface area (Å²) in [5, 5.41) is 2.80. The highest BCUT2D eigenvalue weighted by atomic mass is 35.5. The number of rotatable bonds is 6. The molecule has 148 valence electrons. The van der Waals surface area contributed by atoms with Crippen molar-refractivity contribution in [3.05, 3.63) is 40.2 Å². The molecule has 0 aliphatic carbocycles. The third-order valence-corrected chi connectivity index (χ3v) is 5.18. The lowest BCUT2D eigenvalue weighted by Crippen LogP contribution is -2.19. The molecule has 2 aromatic rings. The number of hydrogen-bond donors (Lipinski definition) is 1. The highest BCUT2D eigenvalue weighted by Crippen LogP contribution is 2.38. The van der Waals surface area contributed by atoms with Crippen LogP contribution in [0.1, 0.15) is 30.8 Å². The van der Waals surface area contributed by atoms with Crippen LogP contribution < -0.4 is 5.32 Å². The minimum atomic E-state index is -4.61. The van der Waals surface area contributed by atoms with Gasteiger partial charge in [0.05, 0.1) is 27.7 Å². The first-order chi connectivity index (χ1) is 12.5. The molecule has 0 spiro atoms. The molecule has 1 aromatic heterocycles. The summed E-state index contributed by atoms with van der Waals surface area (Å²) < 4.78 is 41.4. The van der Waals surface area contributed by atoms with Crippen LogP contribution in [0.5, 0.6) is 0 Å². The van der Waals surface area contributed by atoms with Crippen LogP contribution in [0.4, 0.5) is 18.9 Å².